The molecule has 0 fully saturated rings. The molecule has 3 aromatic rings. The van der Waals surface area contributed by atoms with Crippen LogP contribution < -0.4 is 15.5 Å². The van der Waals surface area contributed by atoms with Gasteiger partial charge in [-0.1, -0.05) is 66.7 Å². The number of anilines is 1. The van der Waals surface area contributed by atoms with Crippen LogP contribution in [-0.2, 0) is 4.79 Å². The highest BCUT2D eigenvalue weighted by atomic mass is 16.5. The average Bonchev–Trinajstić information content (AvgIpc) is 2.73. The molecule has 0 aliphatic carbocycles. The minimum atomic E-state index is -0.238. The molecule has 0 saturated heterocycles. The van der Waals surface area contributed by atoms with E-state index in [1.54, 1.807) is 13.3 Å². The molecule has 3 rings (SSSR count). The van der Waals surface area contributed by atoms with Gasteiger partial charge in [-0.2, -0.15) is 5.10 Å². The molecule has 2 N–H and O–H groups in total. The summed E-state index contributed by atoms with van der Waals surface area (Å²) in [6, 6.07) is 25.6. The normalized spacial score (nSPS) is 10.6. The van der Waals surface area contributed by atoms with E-state index in [4.69, 9.17) is 4.74 Å². The van der Waals surface area contributed by atoms with E-state index in [-0.39, 0.29) is 12.5 Å². The highest BCUT2D eigenvalue weighted by Gasteiger charge is 2.03. The number of rotatable bonds is 7. The molecule has 0 saturated carbocycles. The molecular formula is C22H21N3O2. The monoisotopic (exact) mass is 359 g/mol. The zero-order valence-electron chi connectivity index (χ0n) is 15.1. The smallest absolute Gasteiger partial charge is 0.259 e. The third-order valence-corrected chi connectivity index (χ3v) is 3.97. The van der Waals surface area contributed by atoms with Crippen LogP contribution in [0.15, 0.2) is 84.0 Å². The Balaban J connectivity index is 1.50. The van der Waals surface area contributed by atoms with Crippen molar-refractivity contribution in [2.75, 3.05) is 19.0 Å². The Morgan fingerprint density at radius 2 is 1.59 bits per heavy atom. The van der Waals surface area contributed by atoms with Crippen LogP contribution >= 0.6 is 0 Å². The fourth-order valence-corrected chi connectivity index (χ4v) is 2.58. The van der Waals surface area contributed by atoms with Crippen molar-refractivity contribution in [3.05, 3.63) is 84.4 Å². The molecule has 1 amide bonds. The number of nitrogens with zero attached hydrogens (tertiary/aromatic N) is 1. The summed E-state index contributed by atoms with van der Waals surface area (Å²) in [5.74, 6) is 0.449. The van der Waals surface area contributed by atoms with Gasteiger partial charge in [-0.15, -0.1) is 0 Å². The molecule has 0 aromatic heterocycles. The van der Waals surface area contributed by atoms with Crippen molar-refractivity contribution in [3.63, 3.8) is 0 Å². The topological polar surface area (TPSA) is 62.7 Å². The first kappa shape index (κ1) is 18.2. The van der Waals surface area contributed by atoms with E-state index in [2.05, 4.69) is 28.0 Å². The molecule has 0 heterocycles. The van der Waals surface area contributed by atoms with E-state index in [1.807, 2.05) is 66.7 Å². The molecule has 0 spiro atoms. The van der Waals surface area contributed by atoms with Crippen LogP contribution in [0.3, 0.4) is 0 Å². The van der Waals surface area contributed by atoms with Gasteiger partial charge in [-0.3, -0.25) is 4.79 Å². The maximum atomic E-state index is 11.9. The van der Waals surface area contributed by atoms with Gasteiger partial charge in [-0.05, 0) is 28.8 Å². The number of hydrogen-bond acceptors (Lipinski definition) is 4. The van der Waals surface area contributed by atoms with Crippen molar-refractivity contribution in [2.45, 2.75) is 0 Å². The Morgan fingerprint density at radius 3 is 2.33 bits per heavy atom. The number of para-hydroxylation sites is 2. The van der Waals surface area contributed by atoms with Gasteiger partial charge in [0.1, 0.15) is 5.75 Å². The second-order valence-electron chi connectivity index (χ2n) is 5.84. The number of methoxy groups -OCH3 is 1. The van der Waals surface area contributed by atoms with E-state index in [0.717, 1.165) is 22.4 Å². The second kappa shape index (κ2) is 9.20. The van der Waals surface area contributed by atoms with Crippen LogP contribution in [0, 0.1) is 0 Å². The van der Waals surface area contributed by atoms with E-state index < -0.39 is 0 Å². The first-order valence-corrected chi connectivity index (χ1v) is 8.60. The molecule has 5 heteroatoms. The fraction of sp³-hybridized carbons (Fsp3) is 0.0909. The summed E-state index contributed by atoms with van der Waals surface area (Å²) in [5, 5.41) is 7.03. The molecule has 5 nitrogen and oxygen atoms in total. The quantitative estimate of drug-likeness (QED) is 0.496. The highest BCUT2D eigenvalue weighted by Crippen LogP contribution is 2.22. The SMILES string of the molecule is COc1ccccc1NCC(=O)N/N=C/c1ccc(-c2ccccc2)cc1. The zero-order chi connectivity index (χ0) is 18.9. The average molecular weight is 359 g/mol. The predicted octanol–water partition coefficient (Wildman–Crippen LogP) is 3.92. The maximum Gasteiger partial charge on any atom is 0.259 e. The summed E-state index contributed by atoms with van der Waals surface area (Å²) in [6.45, 7) is 0.102. The van der Waals surface area contributed by atoms with Crippen molar-refractivity contribution in [3.8, 4) is 16.9 Å². The first-order valence-electron chi connectivity index (χ1n) is 8.60. The lowest BCUT2D eigenvalue weighted by Gasteiger charge is -2.09. The van der Waals surface area contributed by atoms with Crippen LogP contribution in [0.5, 0.6) is 5.75 Å². The van der Waals surface area contributed by atoms with Crippen molar-refractivity contribution in [2.24, 2.45) is 5.10 Å². The fourth-order valence-electron chi connectivity index (χ4n) is 2.58. The minimum absolute atomic E-state index is 0.102. The number of carbonyl (C=O) groups excluding carboxylic acids is 1. The van der Waals surface area contributed by atoms with Gasteiger partial charge >= 0.3 is 0 Å². The van der Waals surface area contributed by atoms with Crippen molar-refractivity contribution in [1.82, 2.24) is 5.43 Å². The molecule has 0 aliphatic rings. The van der Waals surface area contributed by atoms with Crippen LogP contribution in [0.2, 0.25) is 0 Å². The molecule has 0 atom stereocenters. The van der Waals surface area contributed by atoms with Gasteiger partial charge in [0.15, 0.2) is 0 Å². The summed E-state index contributed by atoms with van der Waals surface area (Å²) in [7, 11) is 1.59. The summed E-state index contributed by atoms with van der Waals surface area (Å²) in [6.07, 6.45) is 1.62. The number of nitrogens with one attached hydrogen (secondary N) is 2. The molecule has 27 heavy (non-hydrogen) atoms. The van der Waals surface area contributed by atoms with Crippen LogP contribution in [0.4, 0.5) is 5.69 Å². The van der Waals surface area contributed by atoms with Gasteiger partial charge in [0.05, 0.1) is 25.6 Å². The summed E-state index contributed by atoms with van der Waals surface area (Å²) < 4.78 is 5.23. The molecule has 0 radical (unpaired) electrons. The lowest BCUT2D eigenvalue weighted by Crippen LogP contribution is -2.26. The van der Waals surface area contributed by atoms with E-state index in [0.29, 0.717) is 5.75 Å². The Labute approximate surface area is 158 Å². The molecule has 0 unspecified atom stereocenters. The van der Waals surface area contributed by atoms with Gasteiger partial charge in [0.2, 0.25) is 0 Å². The third kappa shape index (κ3) is 5.19. The summed E-state index contributed by atoms with van der Waals surface area (Å²) in [4.78, 5) is 11.9. The summed E-state index contributed by atoms with van der Waals surface area (Å²) in [5.41, 5.74) is 6.48. The van der Waals surface area contributed by atoms with Crippen LogP contribution in [0.25, 0.3) is 11.1 Å². The Morgan fingerprint density at radius 1 is 0.926 bits per heavy atom. The number of ether oxygens (including phenoxy) is 1. The van der Waals surface area contributed by atoms with Gasteiger partial charge < -0.3 is 10.1 Å². The Kier molecular flexibility index (Phi) is 6.20. The lowest BCUT2D eigenvalue weighted by atomic mass is 10.0. The molecule has 0 aliphatic heterocycles. The zero-order valence-corrected chi connectivity index (χ0v) is 15.1. The number of amides is 1. The molecular weight excluding hydrogens is 338 g/mol. The molecule has 136 valence electrons. The van der Waals surface area contributed by atoms with Crippen molar-refractivity contribution >= 4 is 17.8 Å². The standard InChI is InChI=1S/C22H21N3O2/c1-27-21-10-6-5-9-20(21)23-16-22(26)25-24-15-17-11-13-19(14-12-17)18-7-3-2-4-8-18/h2-15,23H,16H2,1H3,(H,25,26)/b24-15+. The third-order valence-electron chi connectivity index (χ3n) is 3.97. The summed E-state index contributed by atoms with van der Waals surface area (Å²) >= 11 is 0. The Bertz CT molecular complexity index is 906. The van der Waals surface area contributed by atoms with E-state index in [1.165, 1.54) is 0 Å². The van der Waals surface area contributed by atoms with Gasteiger partial charge in [-0.25, -0.2) is 5.43 Å². The Hall–Kier alpha value is -3.60. The van der Waals surface area contributed by atoms with E-state index >= 15 is 0 Å². The number of hydrogen-bond donors (Lipinski definition) is 2. The number of hydrazone groups is 1. The number of benzene rings is 3. The van der Waals surface area contributed by atoms with Gasteiger partial charge in [0, 0.05) is 0 Å². The minimum Gasteiger partial charge on any atom is -0.495 e. The van der Waals surface area contributed by atoms with Crippen LogP contribution in [-0.4, -0.2) is 25.8 Å². The second-order valence-corrected chi connectivity index (χ2v) is 5.84. The largest absolute Gasteiger partial charge is 0.495 e. The number of carbonyl (C=O) groups is 1. The molecule has 0 bridgehead atoms. The first-order chi connectivity index (χ1) is 13.3. The van der Waals surface area contributed by atoms with Crippen molar-refractivity contribution < 1.29 is 9.53 Å². The maximum absolute atomic E-state index is 11.9. The van der Waals surface area contributed by atoms with Crippen molar-refractivity contribution in [1.29, 1.82) is 0 Å². The highest BCUT2D eigenvalue weighted by molar-refractivity contribution is 5.85. The lowest BCUT2D eigenvalue weighted by molar-refractivity contribution is -0.119. The van der Waals surface area contributed by atoms with Crippen LogP contribution in [0.1, 0.15) is 5.56 Å². The van der Waals surface area contributed by atoms with Gasteiger partial charge in [0.25, 0.3) is 5.91 Å². The predicted molar refractivity (Wildman–Crippen MR) is 109 cm³/mol. The van der Waals surface area contributed by atoms with E-state index in [9.17, 15) is 4.79 Å². The molecule has 3 aromatic carbocycles.